The van der Waals surface area contributed by atoms with E-state index in [2.05, 4.69) is 47.8 Å². The van der Waals surface area contributed by atoms with E-state index < -0.39 is 0 Å². The van der Waals surface area contributed by atoms with Gasteiger partial charge in [-0.3, -0.25) is 4.79 Å². The van der Waals surface area contributed by atoms with Crippen molar-refractivity contribution in [2.45, 2.75) is 57.5 Å². The van der Waals surface area contributed by atoms with E-state index in [-0.39, 0.29) is 0 Å². The van der Waals surface area contributed by atoms with Gasteiger partial charge in [0.1, 0.15) is 0 Å². The monoisotopic (exact) mass is 322 g/mol. The van der Waals surface area contributed by atoms with Crippen LogP contribution < -0.4 is 0 Å². The molecule has 1 aromatic carbocycles. The molecule has 2 aliphatic heterocycles. The van der Waals surface area contributed by atoms with Crippen LogP contribution in [-0.4, -0.2) is 27.5 Å². The lowest BCUT2D eigenvalue weighted by Gasteiger charge is -2.36. The summed E-state index contributed by atoms with van der Waals surface area (Å²) in [4.78, 5) is 15.2. The van der Waals surface area contributed by atoms with Crippen molar-refractivity contribution < 1.29 is 4.79 Å². The summed E-state index contributed by atoms with van der Waals surface area (Å²) >= 11 is 0. The molecule has 4 aliphatic rings. The fourth-order valence-electron chi connectivity index (χ4n) is 6.01. The summed E-state index contributed by atoms with van der Waals surface area (Å²) < 4.78 is 2.20. The van der Waals surface area contributed by atoms with Gasteiger partial charge in [-0.2, -0.15) is 0 Å². The Morgan fingerprint density at radius 3 is 2.92 bits per heavy atom. The molecule has 4 atom stereocenters. The molecular formula is C21H26N2O. The number of rotatable bonds is 3. The maximum absolute atomic E-state index is 12.9. The first kappa shape index (κ1) is 14.6. The fraction of sp³-hybridized carbons (Fsp3) is 0.571. The molecule has 1 aromatic heterocycles. The van der Waals surface area contributed by atoms with E-state index in [9.17, 15) is 4.79 Å². The van der Waals surface area contributed by atoms with Crippen LogP contribution in [0.25, 0.3) is 10.9 Å². The van der Waals surface area contributed by atoms with Crippen LogP contribution in [0.1, 0.15) is 43.2 Å². The number of carbonyl (C=O) groups is 1. The Hall–Kier alpha value is -1.77. The molecule has 2 aliphatic carbocycles. The van der Waals surface area contributed by atoms with Crippen LogP contribution in [0.15, 0.2) is 24.4 Å². The van der Waals surface area contributed by atoms with Crippen molar-refractivity contribution in [1.29, 1.82) is 0 Å². The Kier molecular flexibility index (Phi) is 3.10. The number of aromatic nitrogens is 1. The molecule has 0 radical (unpaired) electrons. The number of hydrogen-bond donors (Lipinski definition) is 0. The van der Waals surface area contributed by atoms with E-state index in [0.717, 1.165) is 18.3 Å². The second kappa shape index (κ2) is 5.11. The van der Waals surface area contributed by atoms with Gasteiger partial charge in [-0.25, -0.2) is 0 Å². The van der Waals surface area contributed by atoms with Gasteiger partial charge in [-0.15, -0.1) is 0 Å². The smallest absolute Gasteiger partial charge is 0.223 e. The summed E-state index contributed by atoms with van der Waals surface area (Å²) in [7, 11) is 2.10. The van der Waals surface area contributed by atoms with Gasteiger partial charge in [-0.05, 0) is 68.1 Å². The highest BCUT2D eigenvalue weighted by Crippen LogP contribution is 2.52. The molecule has 126 valence electrons. The molecule has 0 spiro atoms. The third-order valence-electron chi connectivity index (χ3n) is 6.88. The van der Waals surface area contributed by atoms with E-state index in [1.807, 2.05) is 0 Å². The molecule has 2 saturated carbocycles. The Morgan fingerprint density at radius 1 is 1.21 bits per heavy atom. The summed E-state index contributed by atoms with van der Waals surface area (Å²) in [5.41, 5.74) is 3.92. The lowest BCUT2D eigenvalue weighted by molar-refractivity contribution is -0.135. The lowest BCUT2D eigenvalue weighted by atomic mass is 9.87. The van der Waals surface area contributed by atoms with Crippen LogP contribution in [0.5, 0.6) is 0 Å². The Balaban J connectivity index is 1.36. The van der Waals surface area contributed by atoms with Gasteiger partial charge in [0.05, 0.1) is 0 Å². The number of amides is 1. The van der Waals surface area contributed by atoms with E-state index in [4.69, 9.17) is 0 Å². The highest BCUT2D eigenvalue weighted by Gasteiger charge is 2.53. The number of benzene rings is 1. The topological polar surface area (TPSA) is 25.2 Å². The predicted octanol–water partition coefficient (Wildman–Crippen LogP) is 3.82. The van der Waals surface area contributed by atoms with E-state index in [1.165, 1.54) is 47.7 Å². The maximum Gasteiger partial charge on any atom is 0.223 e. The number of piperidine rings is 1. The van der Waals surface area contributed by atoms with Crippen molar-refractivity contribution in [1.82, 2.24) is 9.47 Å². The molecule has 6 rings (SSSR count). The van der Waals surface area contributed by atoms with Gasteiger partial charge in [0, 0.05) is 42.7 Å². The van der Waals surface area contributed by atoms with Crippen LogP contribution in [-0.2, 0) is 18.3 Å². The number of carbonyl (C=O) groups excluding carboxylic acids is 1. The average molecular weight is 322 g/mol. The second-order valence-electron chi connectivity index (χ2n) is 8.33. The average Bonchev–Trinajstić information content (AvgIpc) is 3.12. The summed E-state index contributed by atoms with van der Waals surface area (Å²) in [6, 6.07) is 7.60. The van der Waals surface area contributed by atoms with Crippen LogP contribution in [0.4, 0.5) is 0 Å². The molecule has 3 nitrogen and oxygen atoms in total. The minimum absolute atomic E-state index is 0.401. The van der Waals surface area contributed by atoms with Gasteiger partial charge in [0.15, 0.2) is 0 Å². The molecule has 4 bridgehead atoms. The van der Waals surface area contributed by atoms with Gasteiger partial charge >= 0.3 is 0 Å². The minimum Gasteiger partial charge on any atom is -0.350 e. The molecule has 2 aromatic rings. The lowest BCUT2D eigenvalue weighted by Crippen LogP contribution is -2.45. The molecule has 3 heterocycles. The standard InChI is InChI=1S/C21H26N2O/c1-13-4-3-5-18-21(13)15(12-22(18)2)6-7-20(24)23-17-9-14-8-16(11-17)19(23)10-14/h3-5,12,14,16-17,19H,6-11H2,1-2H3. The number of aryl methyl sites for hydroxylation is 3. The Labute approximate surface area is 143 Å². The molecular weight excluding hydrogens is 296 g/mol. The van der Waals surface area contributed by atoms with Gasteiger partial charge in [0.2, 0.25) is 5.91 Å². The molecule has 3 heteroatoms. The summed E-state index contributed by atoms with van der Waals surface area (Å²) in [5, 5.41) is 1.34. The number of hydrogen-bond acceptors (Lipinski definition) is 1. The largest absolute Gasteiger partial charge is 0.350 e. The van der Waals surface area contributed by atoms with Gasteiger partial charge in [0.25, 0.3) is 0 Å². The van der Waals surface area contributed by atoms with Crippen LogP contribution in [0.2, 0.25) is 0 Å². The molecule has 1 amide bonds. The Bertz CT molecular complexity index is 817. The van der Waals surface area contributed by atoms with E-state index in [1.54, 1.807) is 0 Å². The van der Waals surface area contributed by atoms with Gasteiger partial charge < -0.3 is 9.47 Å². The van der Waals surface area contributed by atoms with Crippen LogP contribution >= 0.6 is 0 Å². The Morgan fingerprint density at radius 2 is 2.08 bits per heavy atom. The number of fused-ring (bicyclic) bond motifs is 1. The zero-order valence-corrected chi connectivity index (χ0v) is 14.7. The van der Waals surface area contributed by atoms with Crippen molar-refractivity contribution in [2.75, 3.05) is 0 Å². The summed E-state index contributed by atoms with van der Waals surface area (Å²) in [6.45, 7) is 2.17. The normalized spacial score (nSPS) is 30.7. The van der Waals surface area contributed by atoms with Crippen molar-refractivity contribution in [3.63, 3.8) is 0 Å². The van der Waals surface area contributed by atoms with Crippen molar-refractivity contribution in [2.24, 2.45) is 18.9 Å². The molecule has 2 saturated heterocycles. The molecule has 24 heavy (non-hydrogen) atoms. The van der Waals surface area contributed by atoms with E-state index >= 15 is 0 Å². The quantitative estimate of drug-likeness (QED) is 0.843. The first-order chi connectivity index (χ1) is 11.6. The van der Waals surface area contributed by atoms with Crippen molar-refractivity contribution in [3.8, 4) is 0 Å². The predicted molar refractivity (Wildman–Crippen MR) is 95.8 cm³/mol. The maximum atomic E-state index is 12.9. The van der Waals surface area contributed by atoms with Gasteiger partial charge in [-0.1, -0.05) is 12.1 Å². The molecule has 4 unspecified atom stereocenters. The van der Waals surface area contributed by atoms with Crippen LogP contribution in [0, 0.1) is 18.8 Å². The first-order valence-electron chi connectivity index (χ1n) is 9.46. The first-order valence-corrected chi connectivity index (χ1v) is 9.46. The highest BCUT2D eigenvalue weighted by molar-refractivity contribution is 5.88. The van der Waals surface area contributed by atoms with E-state index in [0.29, 0.717) is 24.4 Å². The SMILES string of the molecule is Cc1cccc2c1c(CCC(=O)N1C3CC4CC(C3)C1C4)cn2C. The third kappa shape index (κ3) is 2.00. The zero-order valence-electron chi connectivity index (χ0n) is 14.7. The van der Waals surface area contributed by atoms with Crippen LogP contribution in [0.3, 0.4) is 0 Å². The minimum atomic E-state index is 0.401. The fourth-order valence-corrected chi connectivity index (χ4v) is 6.01. The highest BCUT2D eigenvalue weighted by atomic mass is 16.2. The summed E-state index contributed by atoms with van der Waals surface area (Å²) in [5.74, 6) is 2.14. The summed E-state index contributed by atoms with van der Waals surface area (Å²) in [6.07, 6.45) is 8.95. The molecule has 4 fully saturated rings. The second-order valence-corrected chi connectivity index (χ2v) is 8.33. The van der Waals surface area contributed by atoms with Crippen molar-refractivity contribution >= 4 is 16.8 Å². The van der Waals surface area contributed by atoms with Crippen molar-refractivity contribution in [3.05, 3.63) is 35.5 Å². The number of nitrogens with zero attached hydrogens (tertiary/aromatic N) is 2. The molecule has 0 N–H and O–H groups in total. The third-order valence-corrected chi connectivity index (χ3v) is 6.88. The zero-order chi connectivity index (χ0) is 16.4.